The van der Waals surface area contributed by atoms with Gasteiger partial charge < -0.3 is 10.0 Å². The highest BCUT2D eigenvalue weighted by Gasteiger charge is 2.35. The number of hydrogen-bond acceptors (Lipinski definition) is 4. The van der Waals surface area contributed by atoms with Crippen LogP contribution in [0.15, 0.2) is 54.7 Å². The highest BCUT2D eigenvalue weighted by Crippen LogP contribution is 2.35. The molecule has 0 radical (unpaired) electrons. The van der Waals surface area contributed by atoms with Crippen molar-refractivity contribution in [2.45, 2.75) is 19.3 Å². The molecule has 0 amide bonds. The van der Waals surface area contributed by atoms with Crippen LogP contribution in [0.25, 0.3) is 11.0 Å². The number of aliphatic hydroxyl groups excluding tert-OH is 1. The van der Waals surface area contributed by atoms with Crippen LogP contribution in [-0.2, 0) is 6.42 Å². The molecule has 2 aromatic carbocycles. The summed E-state index contributed by atoms with van der Waals surface area (Å²) < 4.78 is 0. The number of fused-ring (bicyclic) bond motifs is 1. The van der Waals surface area contributed by atoms with Crippen LogP contribution in [0.2, 0.25) is 5.02 Å². The van der Waals surface area contributed by atoms with Crippen molar-refractivity contribution in [3.8, 4) is 0 Å². The second-order valence-electron chi connectivity index (χ2n) is 7.21. The lowest BCUT2D eigenvalue weighted by Gasteiger charge is -2.42. The van der Waals surface area contributed by atoms with Crippen molar-refractivity contribution in [3.05, 3.63) is 65.3 Å². The molecule has 1 aliphatic rings. The molecule has 0 spiro atoms. The third-order valence-corrected chi connectivity index (χ3v) is 5.46. The van der Waals surface area contributed by atoms with Crippen LogP contribution in [-0.4, -0.2) is 34.8 Å². The van der Waals surface area contributed by atoms with Crippen LogP contribution in [0, 0.1) is 5.41 Å². The lowest BCUT2D eigenvalue weighted by Crippen LogP contribution is -2.47. The first-order chi connectivity index (χ1) is 12.7. The number of benzene rings is 2. The minimum atomic E-state index is -0.184. The molecular formula is C21H22ClN3O. The van der Waals surface area contributed by atoms with E-state index in [4.69, 9.17) is 16.6 Å². The predicted molar refractivity (Wildman–Crippen MR) is 106 cm³/mol. The molecule has 1 aliphatic heterocycles. The van der Waals surface area contributed by atoms with E-state index in [9.17, 15) is 5.11 Å². The van der Waals surface area contributed by atoms with Gasteiger partial charge in [-0.25, -0.2) is 4.98 Å². The molecule has 0 unspecified atom stereocenters. The van der Waals surface area contributed by atoms with Crippen LogP contribution in [0.1, 0.15) is 18.4 Å². The standard InChI is InChI=1S/C21H22ClN3O/c22-17-6-3-5-16(11-17)12-21(15-26)9-4-10-25(14-21)20-13-23-18-7-1-2-8-19(18)24-20/h1-3,5-8,11,13,26H,4,9-10,12,14-15H2/t21-/m0/s1. The Balaban J connectivity index is 1.60. The Hall–Kier alpha value is -2.17. The van der Waals surface area contributed by atoms with E-state index in [1.54, 1.807) is 0 Å². The zero-order valence-corrected chi connectivity index (χ0v) is 15.4. The fraction of sp³-hybridized carbons (Fsp3) is 0.333. The quantitative estimate of drug-likeness (QED) is 0.754. The fourth-order valence-electron chi connectivity index (χ4n) is 3.91. The van der Waals surface area contributed by atoms with Gasteiger partial charge in [-0.15, -0.1) is 0 Å². The molecular weight excluding hydrogens is 346 g/mol. The van der Waals surface area contributed by atoms with E-state index in [2.05, 4.69) is 16.0 Å². The van der Waals surface area contributed by atoms with Gasteiger partial charge in [0.25, 0.3) is 0 Å². The maximum absolute atomic E-state index is 10.2. The molecule has 0 bridgehead atoms. The van der Waals surface area contributed by atoms with Gasteiger partial charge >= 0.3 is 0 Å². The maximum Gasteiger partial charge on any atom is 0.147 e. The summed E-state index contributed by atoms with van der Waals surface area (Å²) in [6.45, 7) is 1.85. The highest BCUT2D eigenvalue weighted by molar-refractivity contribution is 6.30. The second kappa shape index (κ2) is 7.22. The molecule has 1 atom stereocenters. The molecule has 0 saturated carbocycles. The van der Waals surface area contributed by atoms with Crippen molar-refractivity contribution in [3.63, 3.8) is 0 Å². The average molecular weight is 368 g/mol. The largest absolute Gasteiger partial charge is 0.396 e. The van der Waals surface area contributed by atoms with Crippen LogP contribution < -0.4 is 4.90 Å². The Bertz CT molecular complexity index is 916. The summed E-state index contributed by atoms with van der Waals surface area (Å²) in [4.78, 5) is 11.6. The molecule has 134 valence electrons. The Morgan fingerprint density at radius 2 is 1.96 bits per heavy atom. The SMILES string of the molecule is OC[C@]1(Cc2cccc(Cl)c2)CCCN(c2cnc3ccccc3n2)C1. The van der Waals surface area contributed by atoms with Gasteiger partial charge in [0, 0.05) is 23.5 Å². The molecule has 5 heteroatoms. The molecule has 3 aromatic rings. The molecule has 4 nitrogen and oxygen atoms in total. The van der Waals surface area contributed by atoms with Crippen molar-refractivity contribution in [1.29, 1.82) is 0 Å². The number of aliphatic hydroxyl groups is 1. The molecule has 1 fully saturated rings. The number of aromatic nitrogens is 2. The minimum Gasteiger partial charge on any atom is -0.396 e. The number of nitrogens with zero attached hydrogens (tertiary/aromatic N) is 3. The number of halogens is 1. The van der Waals surface area contributed by atoms with Crippen molar-refractivity contribution in [2.75, 3.05) is 24.6 Å². The van der Waals surface area contributed by atoms with Gasteiger partial charge in [-0.3, -0.25) is 4.98 Å². The maximum atomic E-state index is 10.2. The number of anilines is 1. The van der Waals surface area contributed by atoms with Gasteiger partial charge in [0.05, 0.1) is 23.8 Å². The second-order valence-corrected chi connectivity index (χ2v) is 7.64. The molecule has 26 heavy (non-hydrogen) atoms. The van der Waals surface area contributed by atoms with Crippen LogP contribution >= 0.6 is 11.6 Å². The summed E-state index contributed by atoms with van der Waals surface area (Å²) in [6, 6.07) is 15.8. The summed E-state index contributed by atoms with van der Waals surface area (Å²) in [6.07, 6.45) is 4.67. The average Bonchev–Trinajstić information content (AvgIpc) is 2.68. The Kier molecular flexibility index (Phi) is 4.79. The van der Waals surface area contributed by atoms with Gasteiger partial charge in [0.2, 0.25) is 0 Å². The third kappa shape index (κ3) is 3.53. The van der Waals surface area contributed by atoms with E-state index in [1.807, 2.05) is 48.7 Å². The fourth-order valence-corrected chi connectivity index (χ4v) is 4.13. The normalized spacial score (nSPS) is 20.5. The first-order valence-electron chi connectivity index (χ1n) is 9.00. The molecule has 1 N–H and O–H groups in total. The minimum absolute atomic E-state index is 0.150. The Morgan fingerprint density at radius 3 is 2.77 bits per heavy atom. The van der Waals surface area contributed by atoms with E-state index in [-0.39, 0.29) is 12.0 Å². The summed E-state index contributed by atoms with van der Waals surface area (Å²) in [5.41, 5.74) is 2.79. The van der Waals surface area contributed by atoms with Gasteiger partial charge in [-0.1, -0.05) is 35.9 Å². The van der Waals surface area contributed by atoms with Crippen molar-refractivity contribution < 1.29 is 5.11 Å². The van der Waals surface area contributed by atoms with Gasteiger partial charge in [0.1, 0.15) is 5.82 Å². The lowest BCUT2D eigenvalue weighted by atomic mass is 9.76. The smallest absolute Gasteiger partial charge is 0.147 e. The Morgan fingerprint density at radius 1 is 1.12 bits per heavy atom. The molecule has 1 saturated heterocycles. The van der Waals surface area contributed by atoms with E-state index in [1.165, 1.54) is 0 Å². The summed E-state index contributed by atoms with van der Waals surface area (Å²) >= 11 is 6.14. The number of piperidine rings is 1. The first kappa shape index (κ1) is 17.3. The monoisotopic (exact) mass is 367 g/mol. The third-order valence-electron chi connectivity index (χ3n) is 5.22. The van der Waals surface area contributed by atoms with Gasteiger partial charge in [0.15, 0.2) is 0 Å². The topological polar surface area (TPSA) is 49.2 Å². The molecule has 1 aromatic heterocycles. The summed E-state index contributed by atoms with van der Waals surface area (Å²) in [5, 5.41) is 11.0. The van der Waals surface area contributed by atoms with E-state index < -0.39 is 0 Å². The Labute approximate surface area is 158 Å². The number of rotatable bonds is 4. The molecule has 2 heterocycles. The van der Waals surface area contributed by atoms with Crippen molar-refractivity contribution in [2.24, 2.45) is 5.41 Å². The zero-order valence-electron chi connectivity index (χ0n) is 14.6. The van der Waals surface area contributed by atoms with Crippen LogP contribution in [0.4, 0.5) is 5.82 Å². The van der Waals surface area contributed by atoms with E-state index in [0.29, 0.717) is 0 Å². The van der Waals surface area contributed by atoms with Crippen LogP contribution in [0.3, 0.4) is 0 Å². The van der Waals surface area contributed by atoms with Crippen LogP contribution in [0.5, 0.6) is 0 Å². The summed E-state index contributed by atoms with van der Waals surface area (Å²) in [7, 11) is 0. The first-order valence-corrected chi connectivity index (χ1v) is 9.37. The number of para-hydroxylation sites is 2. The predicted octanol–water partition coefficient (Wildman–Crippen LogP) is 4.10. The van der Waals surface area contributed by atoms with Gasteiger partial charge in [-0.05, 0) is 49.1 Å². The van der Waals surface area contributed by atoms with Crippen molar-refractivity contribution >= 4 is 28.5 Å². The summed E-state index contributed by atoms with van der Waals surface area (Å²) in [5.74, 6) is 0.882. The molecule has 4 rings (SSSR count). The zero-order chi connectivity index (χ0) is 18.0. The lowest BCUT2D eigenvalue weighted by molar-refractivity contribution is 0.105. The van der Waals surface area contributed by atoms with E-state index in [0.717, 1.165) is 59.8 Å². The number of hydrogen-bond donors (Lipinski definition) is 1. The van der Waals surface area contributed by atoms with E-state index >= 15 is 0 Å². The highest BCUT2D eigenvalue weighted by atomic mass is 35.5. The van der Waals surface area contributed by atoms with Gasteiger partial charge in [-0.2, -0.15) is 0 Å². The molecule has 0 aliphatic carbocycles. The van der Waals surface area contributed by atoms with Crippen molar-refractivity contribution in [1.82, 2.24) is 9.97 Å².